The molecule has 0 aliphatic heterocycles. The molecule has 4 unspecified atom stereocenters. The molecule has 1 amide bonds. The third-order valence-corrected chi connectivity index (χ3v) is 10.2. The van der Waals surface area contributed by atoms with Crippen molar-refractivity contribution in [3.8, 4) is 16.9 Å². The van der Waals surface area contributed by atoms with Crippen molar-refractivity contribution in [1.82, 2.24) is 4.90 Å². The Labute approximate surface area is 273 Å². The molecule has 0 aromatic heterocycles. The van der Waals surface area contributed by atoms with Gasteiger partial charge in [0.2, 0.25) is 5.78 Å². The normalized spacial score (nSPS) is 23.9. The zero-order valence-electron chi connectivity index (χ0n) is 26.8. The lowest BCUT2D eigenvalue weighted by Gasteiger charge is -2.50. The van der Waals surface area contributed by atoms with Crippen LogP contribution in [0.4, 0.5) is 0 Å². The number of nitrogens with zero attached hydrogens (tertiary/aromatic N) is 1. The first-order valence-corrected chi connectivity index (χ1v) is 16.0. The minimum atomic E-state index is -2.66. The molecule has 9 nitrogen and oxygen atoms in total. The third-order valence-electron chi connectivity index (χ3n) is 10.2. The van der Waals surface area contributed by atoms with Crippen molar-refractivity contribution in [3.63, 3.8) is 0 Å². The van der Waals surface area contributed by atoms with Crippen molar-refractivity contribution in [2.45, 2.75) is 57.1 Å². The molecule has 0 radical (unpaired) electrons. The summed E-state index contributed by atoms with van der Waals surface area (Å²) in [5, 5.41) is 45.3. The van der Waals surface area contributed by atoms with E-state index in [0.717, 1.165) is 36.8 Å². The number of aryl methyl sites for hydroxylation is 3. The Morgan fingerprint density at radius 2 is 1.51 bits per heavy atom. The number of benzene rings is 3. The van der Waals surface area contributed by atoms with Crippen LogP contribution < -0.4 is 5.73 Å². The zero-order chi connectivity index (χ0) is 33.8. The number of aromatic hydroxyl groups is 1. The van der Waals surface area contributed by atoms with Crippen molar-refractivity contribution in [2.24, 2.45) is 17.6 Å². The van der Waals surface area contributed by atoms with Gasteiger partial charge in [-0.25, -0.2) is 0 Å². The number of likely N-dealkylation sites (N-methyl/N-ethyl adjacent to an activating group) is 1. The van der Waals surface area contributed by atoms with Gasteiger partial charge in [0.1, 0.15) is 22.8 Å². The van der Waals surface area contributed by atoms with Crippen LogP contribution in [0.1, 0.15) is 47.1 Å². The lowest BCUT2D eigenvalue weighted by Crippen LogP contribution is -2.65. The van der Waals surface area contributed by atoms with E-state index in [1.165, 1.54) is 27.7 Å². The Kier molecular flexibility index (Phi) is 8.32. The molecule has 3 aliphatic carbocycles. The minimum Gasteiger partial charge on any atom is -0.508 e. The number of aliphatic hydroxyl groups is 3. The summed E-state index contributed by atoms with van der Waals surface area (Å²) in [6.07, 6.45) is 4.38. The molecule has 3 aliphatic rings. The number of phenols is 1. The van der Waals surface area contributed by atoms with E-state index in [1.807, 2.05) is 12.1 Å². The highest BCUT2D eigenvalue weighted by molar-refractivity contribution is 6.24. The van der Waals surface area contributed by atoms with Gasteiger partial charge in [-0.2, -0.15) is 0 Å². The number of Topliss-reactive ketones (excluding diaryl/α,β-unsaturated/α-hetero) is 2. The van der Waals surface area contributed by atoms with Gasteiger partial charge in [-0.3, -0.25) is 19.3 Å². The highest BCUT2D eigenvalue weighted by Gasteiger charge is 2.64. The second-order valence-electron chi connectivity index (χ2n) is 13.3. The number of ketones is 2. The van der Waals surface area contributed by atoms with Crippen LogP contribution in [0.15, 0.2) is 77.6 Å². The first kappa shape index (κ1) is 32.2. The number of carbonyl (C=O) groups excluding carboxylic acids is 3. The number of phenolic OH excluding ortho intramolecular Hbond substituents is 1. The summed E-state index contributed by atoms with van der Waals surface area (Å²) in [4.78, 5) is 41.1. The number of amides is 1. The van der Waals surface area contributed by atoms with Gasteiger partial charge >= 0.3 is 0 Å². The third kappa shape index (κ3) is 5.33. The minimum absolute atomic E-state index is 0.0440. The van der Waals surface area contributed by atoms with Gasteiger partial charge in [-0.1, -0.05) is 60.2 Å². The van der Waals surface area contributed by atoms with Crippen LogP contribution in [0.5, 0.6) is 5.75 Å². The Hall–Kier alpha value is -4.73. The summed E-state index contributed by atoms with van der Waals surface area (Å²) in [5.74, 6) is -6.63. The maximum atomic E-state index is 14.1. The van der Waals surface area contributed by atoms with Gasteiger partial charge in [0, 0.05) is 11.5 Å². The molecule has 3 aromatic carbocycles. The predicted molar refractivity (Wildman–Crippen MR) is 178 cm³/mol. The van der Waals surface area contributed by atoms with Gasteiger partial charge in [-0.05, 0) is 99.3 Å². The van der Waals surface area contributed by atoms with E-state index in [-0.39, 0.29) is 29.7 Å². The maximum absolute atomic E-state index is 14.1. The largest absolute Gasteiger partial charge is 0.508 e. The Morgan fingerprint density at radius 1 is 0.915 bits per heavy atom. The van der Waals surface area contributed by atoms with E-state index >= 15 is 0 Å². The number of nitrogens with two attached hydrogens (primary N) is 1. The molecular weight excluding hydrogens is 596 g/mol. The quantitative estimate of drug-likeness (QED) is 0.178. The second kappa shape index (κ2) is 12.1. The molecule has 0 spiro atoms. The maximum Gasteiger partial charge on any atom is 0.255 e. The van der Waals surface area contributed by atoms with E-state index in [0.29, 0.717) is 5.56 Å². The van der Waals surface area contributed by atoms with Crippen molar-refractivity contribution in [2.75, 3.05) is 14.1 Å². The molecule has 47 heavy (non-hydrogen) atoms. The summed E-state index contributed by atoms with van der Waals surface area (Å²) >= 11 is 0. The number of carbonyl (C=O) groups is 3. The van der Waals surface area contributed by atoms with Crippen molar-refractivity contribution >= 4 is 23.2 Å². The molecule has 0 saturated heterocycles. The zero-order valence-corrected chi connectivity index (χ0v) is 26.8. The number of hydrogen-bond donors (Lipinski definition) is 5. The highest BCUT2D eigenvalue weighted by atomic mass is 16.3. The van der Waals surface area contributed by atoms with Gasteiger partial charge in [0.15, 0.2) is 11.4 Å². The first-order chi connectivity index (χ1) is 22.3. The fourth-order valence-corrected chi connectivity index (χ4v) is 7.78. The van der Waals surface area contributed by atoms with Crippen LogP contribution in [0, 0.1) is 18.8 Å². The average molecular weight is 637 g/mol. The summed E-state index contributed by atoms with van der Waals surface area (Å²) in [6, 6.07) is 18.9. The molecule has 244 valence electrons. The summed E-state index contributed by atoms with van der Waals surface area (Å²) in [6.45, 7) is 2.09. The van der Waals surface area contributed by atoms with Gasteiger partial charge in [0.25, 0.3) is 5.91 Å². The molecule has 9 heteroatoms. The van der Waals surface area contributed by atoms with Gasteiger partial charge < -0.3 is 26.2 Å². The standard InChI is InChI=1S/C38H40N2O7/c1-20-8-10-21(11-9-20)6-4-5-7-22-12-14-23(15-13-22)25-16-17-28(41)30-26(25)18-24-19-27-32(40(2)3)34(43)31(37(39)46)36(45)38(27,47)35(44)29(24)33(30)42/h8-17,24,27,32,41-42,45,47H,4-7,18-19H2,1-3H3,(H2,39,46). The molecule has 0 heterocycles. The fraction of sp³-hybridized carbons (Fsp3) is 0.342. The molecule has 3 aromatic rings. The SMILES string of the molecule is Cc1ccc(CCCCc2ccc(-c3ccc(O)c4c3CC3CC5C(N(C)C)C(=O)C(C(N)=O)=C(O)C5(O)C(=O)C3=C4O)cc2)cc1. The van der Waals surface area contributed by atoms with Crippen LogP contribution in [0.25, 0.3) is 16.9 Å². The Morgan fingerprint density at radius 3 is 2.09 bits per heavy atom. The van der Waals surface area contributed by atoms with Gasteiger partial charge in [-0.15, -0.1) is 0 Å². The molecule has 0 bridgehead atoms. The smallest absolute Gasteiger partial charge is 0.255 e. The van der Waals surface area contributed by atoms with E-state index in [9.17, 15) is 34.8 Å². The molecule has 1 saturated carbocycles. The average Bonchev–Trinajstić information content (AvgIpc) is 3.02. The highest BCUT2D eigenvalue weighted by Crippen LogP contribution is 2.53. The van der Waals surface area contributed by atoms with E-state index in [4.69, 9.17) is 5.73 Å². The van der Waals surface area contributed by atoms with Crippen LogP contribution in [0.3, 0.4) is 0 Å². The van der Waals surface area contributed by atoms with Gasteiger partial charge in [0.05, 0.1) is 11.6 Å². The number of rotatable bonds is 8. The van der Waals surface area contributed by atoms with E-state index < -0.39 is 58.0 Å². The van der Waals surface area contributed by atoms with E-state index in [1.54, 1.807) is 20.2 Å². The Balaban J connectivity index is 1.31. The van der Waals surface area contributed by atoms with Crippen LogP contribution in [-0.2, 0) is 33.6 Å². The first-order valence-electron chi connectivity index (χ1n) is 16.0. The van der Waals surface area contributed by atoms with E-state index in [2.05, 4.69) is 43.3 Å². The summed E-state index contributed by atoms with van der Waals surface area (Å²) in [5.41, 5.74) is 7.93. The monoisotopic (exact) mass is 636 g/mol. The molecule has 1 fully saturated rings. The number of hydrogen-bond acceptors (Lipinski definition) is 8. The van der Waals surface area contributed by atoms with Crippen LogP contribution in [0.2, 0.25) is 0 Å². The van der Waals surface area contributed by atoms with Crippen molar-refractivity contribution in [3.05, 3.63) is 105 Å². The number of unbranched alkanes of at least 4 members (excludes halogenated alkanes) is 1. The lowest BCUT2D eigenvalue weighted by atomic mass is 9.57. The number of fused-ring (bicyclic) bond motifs is 3. The summed E-state index contributed by atoms with van der Waals surface area (Å²) < 4.78 is 0. The topological polar surface area (TPSA) is 161 Å². The Bertz CT molecular complexity index is 1840. The van der Waals surface area contributed by atoms with Crippen molar-refractivity contribution in [1.29, 1.82) is 0 Å². The molecule has 6 rings (SSSR count). The molecule has 6 N–H and O–H groups in total. The van der Waals surface area contributed by atoms with Crippen molar-refractivity contribution < 1.29 is 34.8 Å². The lowest BCUT2D eigenvalue weighted by molar-refractivity contribution is -0.153. The predicted octanol–water partition coefficient (Wildman–Crippen LogP) is 4.50. The number of primary amides is 1. The molecule has 4 atom stereocenters. The number of aliphatic hydroxyl groups excluding tert-OH is 2. The summed E-state index contributed by atoms with van der Waals surface area (Å²) in [7, 11) is 3.16. The second-order valence-corrected chi connectivity index (χ2v) is 13.3. The molecular formula is C38H40N2O7. The fourth-order valence-electron chi connectivity index (χ4n) is 7.78. The van der Waals surface area contributed by atoms with Crippen LogP contribution >= 0.6 is 0 Å². The van der Waals surface area contributed by atoms with Crippen LogP contribution in [-0.4, -0.2) is 68.5 Å².